The maximum Gasteiger partial charge on any atom is 0.410 e. The van der Waals surface area contributed by atoms with Crippen LogP contribution < -0.4 is 4.72 Å². The van der Waals surface area contributed by atoms with Crippen LogP contribution in [0.4, 0.5) is 9.18 Å². The number of likely N-dealkylation sites (tertiary alicyclic amines) is 1. The largest absolute Gasteiger partial charge is 0.444 e. The van der Waals surface area contributed by atoms with Crippen molar-refractivity contribution in [2.45, 2.75) is 89.8 Å². The average Bonchev–Trinajstić information content (AvgIpc) is 2.71. The Morgan fingerprint density at radius 1 is 1.15 bits per heavy atom. The summed E-state index contributed by atoms with van der Waals surface area (Å²) in [6.07, 6.45) is 0.298. The number of nitrogens with one attached hydrogen (secondary N) is 1. The first-order chi connectivity index (χ1) is 11.7. The van der Waals surface area contributed by atoms with Crippen LogP contribution in [-0.4, -0.2) is 55.1 Å². The first kappa shape index (κ1) is 21.4. The number of hydrogen-bond acceptors (Lipinski definition) is 4. The molecule has 8 heteroatoms. The molecule has 0 aromatic heterocycles. The highest BCUT2D eigenvalue weighted by Crippen LogP contribution is 2.48. The van der Waals surface area contributed by atoms with Gasteiger partial charge < -0.3 is 9.64 Å². The second kappa shape index (κ2) is 6.93. The first-order valence-corrected chi connectivity index (χ1v) is 10.8. The molecule has 1 N–H and O–H groups in total. The number of amides is 1. The number of alkyl halides is 1. The number of halogens is 1. The SMILES string of the molecule is CC(C)(C)OC(=O)N1CCC2(CC1)C[C@H](F)C[C@H]2NS(=O)(=O)C(C)(C)C. The Bertz CT molecular complexity index is 629. The van der Waals surface area contributed by atoms with Crippen LogP contribution in [0.5, 0.6) is 0 Å². The zero-order valence-electron chi connectivity index (χ0n) is 16.8. The van der Waals surface area contributed by atoms with E-state index in [1.165, 1.54) is 0 Å². The van der Waals surface area contributed by atoms with Crippen LogP contribution >= 0.6 is 0 Å². The van der Waals surface area contributed by atoms with E-state index < -0.39 is 38.0 Å². The van der Waals surface area contributed by atoms with Crippen molar-refractivity contribution in [3.63, 3.8) is 0 Å². The quantitative estimate of drug-likeness (QED) is 0.783. The third-order valence-corrected chi connectivity index (χ3v) is 7.58. The van der Waals surface area contributed by atoms with Crippen LogP contribution in [0.1, 0.15) is 67.2 Å². The van der Waals surface area contributed by atoms with Gasteiger partial charge in [-0.25, -0.2) is 22.3 Å². The molecule has 26 heavy (non-hydrogen) atoms. The van der Waals surface area contributed by atoms with Crippen molar-refractivity contribution in [1.29, 1.82) is 0 Å². The van der Waals surface area contributed by atoms with Gasteiger partial charge in [0.15, 0.2) is 0 Å². The lowest BCUT2D eigenvalue weighted by Crippen LogP contribution is -2.54. The van der Waals surface area contributed by atoms with E-state index in [-0.39, 0.29) is 12.5 Å². The predicted octanol–water partition coefficient (Wildman–Crippen LogP) is 3.22. The lowest BCUT2D eigenvalue weighted by molar-refractivity contribution is 0.00760. The summed E-state index contributed by atoms with van der Waals surface area (Å²) in [5.41, 5.74) is -0.995. The first-order valence-electron chi connectivity index (χ1n) is 9.29. The monoisotopic (exact) mass is 392 g/mol. The smallest absolute Gasteiger partial charge is 0.410 e. The van der Waals surface area contributed by atoms with Gasteiger partial charge in [-0.1, -0.05) is 0 Å². The highest BCUT2D eigenvalue weighted by molar-refractivity contribution is 7.90. The van der Waals surface area contributed by atoms with E-state index in [1.54, 1.807) is 25.7 Å². The molecule has 1 aliphatic carbocycles. The molecule has 152 valence electrons. The molecule has 1 spiro atoms. The molecule has 1 amide bonds. The molecule has 1 heterocycles. The van der Waals surface area contributed by atoms with Crippen molar-refractivity contribution in [1.82, 2.24) is 9.62 Å². The van der Waals surface area contributed by atoms with Crippen molar-refractivity contribution in [2.24, 2.45) is 5.41 Å². The predicted molar refractivity (Wildman–Crippen MR) is 99.2 cm³/mol. The van der Waals surface area contributed by atoms with Crippen LogP contribution in [0.15, 0.2) is 0 Å². The van der Waals surface area contributed by atoms with E-state index in [1.807, 2.05) is 20.8 Å². The number of piperidine rings is 1. The molecule has 1 aliphatic heterocycles. The van der Waals surface area contributed by atoms with Gasteiger partial charge in [-0.3, -0.25) is 0 Å². The Labute approximate surface area is 156 Å². The van der Waals surface area contributed by atoms with Crippen LogP contribution in [0.25, 0.3) is 0 Å². The zero-order valence-corrected chi connectivity index (χ0v) is 17.6. The van der Waals surface area contributed by atoms with Gasteiger partial charge in [-0.05, 0) is 72.6 Å². The summed E-state index contributed by atoms with van der Waals surface area (Å²) in [5.74, 6) is 0. The molecule has 2 rings (SSSR count). The van der Waals surface area contributed by atoms with E-state index in [9.17, 15) is 17.6 Å². The van der Waals surface area contributed by atoms with Gasteiger partial charge >= 0.3 is 6.09 Å². The molecule has 2 atom stereocenters. The van der Waals surface area contributed by atoms with Crippen LogP contribution in [0.3, 0.4) is 0 Å². The number of carbonyl (C=O) groups excluding carboxylic acids is 1. The molecule has 0 radical (unpaired) electrons. The fraction of sp³-hybridized carbons (Fsp3) is 0.944. The van der Waals surface area contributed by atoms with Gasteiger partial charge in [0, 0.05) is 19.1 Å². The Morgan fingerprint density at radius 3 is 2.15 bits per heavy atom. The number of carbonyl (C=O) groups is 1. The van der Waals surface area contributed by atoms with E-state index in [4.69, 9.17) is 4.74 Å². The summed E-state index contributed by atoms with van der Waals surface area (Å²) < 4.78 is 46.5. The molecule has 0 aromatic carbocycles. The summed E-state index contributed by atoms with van der Waals surface area (Å²) in [4.78, 5) is 13.9. The molecule has 1 saturated carbocycles. The molecule has 0 aromatic rings. The van der Waals surface area contributed by atoms with Crippen molar-refractivity contribution in [3.05, 3.63) is 0 Å². The Balaban J connectivity index is 2.08. The van der Waals surface area contributed by atoms with Crippen molar-refractivity contribution in [3.8, 4) is 0 Å². The zero-order chi connectivity index (χ0) is 20.0. The topological polar surface area (TPSA) is 75.7 Å². The van der Waals surface area contributed by atoms with Crippen molar-refractivity contribution < 1.29 is 22.3 Å². The number of nitrogens with zero attached hydrogens (tertiary/aromatic N) is 1. The number of sulfonamides is 1. The number of hydrogen-bond donors (Lipinski definition) is 1. The summed E-state index contributed by atoms with van der Waals surface area (Å²) in [7, 11) is -3.56. The summed E-state index contributed by atoms with van der Waals surface area (Å²) >= 11 is 0. The summed E-state index contributed by atoms with van der Waals surface area (Å²) in [6, 6.07) is -0.428. The van der Waals surface area contributed by atoms with Gasteiger partial charge in [-0.15, -0.1) is 0 Å². The van der Waals surface area contributed by atoms with E-state index in [0.717, 1.165) is 0 Å². The highest BCUT2D eigenvalue weighted by atomic mass is 32.2. The standard InChI is InChI=1S/C18H33FN2O4S/c1-16(2,3)25-15(22)21-9-7-18(8-10-21)12-13(19)11-14(18)20-26(23,24)17(4,5)6/h13-14,20H,7-12H2,1-6H3/t13-,14-/m1/s1. The van der Waals surface area contributed by atoms with E-state index >= 15 is 0 Å². The minimum absolute atomic E-state index is 0.196. The van der Waals surface area contributed by atoms with Crippen LogP contribution in [0.2, 0.25) is 0 Å². The van der Waals surface area contributed by atoms with Crippen molar-refractivity contribution in [2.75, 3.05) is 13.1 Å². The van der Waals surface area contributed by atoms with Crippen molar-refractivity contribution >= 4 is 16.1 Å². The third-order valence-electron chi connectivity index (χ3n) is 5.37. The fourth-order valence-electron chi connectivity index (χ4n) is 3.72. The third kappa shape index (κ3) is 4.68. The molecule has 0 bridgehead atoms. The molecule has 1 saturated heterocycles. The normalized spacial score (nSPS) is 27.0. The van der Waals surface area contributed by atoms with Gasteiger partial charge in [-0.2, -0.15) is 0 Å². The minimum Gasteiger partial charge on any atom is -0.444 e. The molecule has 2 aliphatic rings. The highest BCUT2D eigenvalue weighted by Gasteiger charge is 2.51. The number of ether oxygens (including phenoxy) is 1. The van der Waals surface area contributed by atoms with Gasteiger partial charge in [0.05, 0.1) is 4.75 Å². The second-order valence-corrected chi connectivity index (χ2v) is 12.1. The lowest BCUT2D eigenvalue weighted by atomic mass is 9.74. The average molecular weight is 393 g/mol. The molecule has 0 unspecified atom stereocenters. The molecular formula is C18H33FN2O4S. The van der Waals surface area contributed by atoms with E-state index in [2.05, 4.69) is 4.72 Å². The van der Waals surface area contributed by atoms with Crippen LogP contribution in [0, 0.1) is 5.41 Å². The Hall–Kier alpha value is -0.890. The molecule has 2 fully saturated rings. The molecular weight excluding hydrogens is 359 g/mol. The second-order valence-electron chi connectivity index (χ2n) is 9.65. The molecule has 6 nitrogen and oxygen atoms in total. The van der Waals surface area contributed by atoms with E-state index in [0.29, 0.717) is 32.4 Å². The van der Waals surface area contributed by atoms with Gasteiger partial charge in [0.1, 0.15) is 11.8 Å². The maximum absolute atomic E-state index is 14.2. The number of rotatable bonds is 2. The fourth-order valence-corrected chi connectivity index (χ4v) is 4.80. The van der Waals surface area contributed by atoms with Crippen LogP contribution in [-0.2, 0) is 14.8 Å². The maximum atomic E-state index is 14.2. The Kier molecular flexibility index (Phi) is 5.71. The summed E-state index contributed by atoms with van der Waals surface area (Å²) in [5, 5.41) is 0. The summed E-state index contributed by atoms with van der Waals surface area (Å²) in [6.45, 7) is 11.3. The minimum atomic E-state index is -3.56. The van der Waals surface area contributed by atoms with Gasteiger partial charge in [0.2, 0.25) is 10.0 Å². The lowest BCUT2D eigenvalue weighted by Gasteiger charge is -2.43. The Morgan fingerprint density at radius 2 is 1.69 bits per heavy atom. The van der Waals surface area contributed by atoms with Gasteiger partial charge in [0.25, 0.3) is 0 Å².